The number of rotatable bonds is 3. The van der Waals surface area contributed by atoms with Gasteiger partial charge in [0.25, 0.3) is 5.91 Å². The van der Waals surface area contributed by atoms with E-state index >= 15 is 0 Å². The third kappa shape index (κ3) is 5.09. The molecule has 1 amide bonds. The summed E-state index contributed by atoms with van der Waals surface area (Å²) in [6.45, 7) is 0. The van der Waals surface area contributed by atoms with Gasteiger partial charge in [-0.2, -0.15) is 13.2 Å². The largest absolute Gasteiger partial charge is 0.451 e. The predicted molar refractivity (Wildman–Crippen MR) is 109 cm³/mol. The molecular weight excluding hydrogens is 448 g/mol. The monoisotopic (exact) mass is 458 g/mol. The fourth-order valence-electron chi connectivity index (χ4n) is 2.40. The highest BCUT2D eigenvalue weighted by molar-refractivity contribution is 7.80. The van der Waals surface area contributed by atoms with E-state index in [-0.39, 0.29) is 21.6 Å². The number of anilines is 1. The SMILES string of the molecule is O=C(NC(=S)Nc1cccc(C(F)(F)F)c1)c1ccc(-c2cccc(Cl)c2Cl)o1. The minimum atomic E-state index is -4.49. The fourth-order valence-corrected chi connectivity index (χ4v) is 3.00. The van der Waals surface area contributed by atoms with E-state index in [9.17, 15) is 18.0 Å². The molecule has 4 nitrogen and oxygen atoms in total. The van der Waals surface area contributed by atoms with E-state index in [1.165, 1.54) is 24.3 Å². The zero-order valence-electron chi connectivity index (χ0n) is 14.3. The predicted octanol–water partition coefficient (Wildman–Crippen LogP) is 6.40. The number of carbonyl (C=O) groups excluding carboxylic acids is 1. The van der Waals surface area contributed by atoms with Gasteiger partial charge < -0.3 is 9.73 Å². The van der Waals surface area contributed by atoms with Crippen LogP contribution in [0.15, 0.2) is 59.0 Å². The molecule has 0 bridgehead atoms. The van der Waals surface area contributed by atoms with Gasteiger partial charge in [-0.1, -0.05) is 35.3 Å². The highest BCUT2D eigenvalue weighted by Gasteiger charge is 2.30. The molecule has 150 valence electrons. The van der Waals surface area contributed by atoms with Crippen molar-refractivity contribution in [2.24, 2.45) is 0 Å². The molecule has 29 heavy (non-hydrogen) atoms. The maximum atomic E-state index is 12.8. The molecule has 1 aromatic heterocycles. The molecule has 1 heterocycles. The van der Waals surface area contributed by atoms with Crippen LogP contribution in [0, 0.1) is 0 Å². The molecule has 0 saturated heterocycles. The lowest BCUT2D eigenvalue weighted by Gasteiger charge is -2.11. The van der Waals surface area contributed by atoms with Crippen molar-refractivity contribution in [1.82, 2.24) is 5.32 Å². The fraction of sp³-hybridized carbons (Fsp3) is 0.0526. The Kier molecular flexibility index (Phi) is 6.16. The van der Waals surface area contributed by atoms with Gasteiger partial charge in [0.05, 0.1) is 15.6 Å². The first-order valence-electron chi connectivity index (χ1n) is 7.99. The van der Waals surface area contributed by atoms with Crippen molar-refractivity contribution in [3.8, 4) is 11.3 Å². The van der Waals surface area contributed by atoms with Crippen molar-refractivity contribution >= 4 is 52.1 Å². The molecule has 10 heteroatoms. The number of amides is 1. The maximum Gasteiger partial charge on any atom is 0.416 e. The number of nitrogens with one attached hydrogen (secondary N) is 2. The van der Waals surface area contributed by atoms with Crippen molar-refractivity contribution in [2.75, 3.05) is 5.32 Å². The normalized spacial score (nSPS) is 11.2. The van der Waals surface area contributed by atoms with Gasteiger partial charge in [-0.3, -0.25) is 10.1 Å². The van der Waals surface area contributed by atoms with E-state index in [0.29, 0.717) is 16.3 Å². The number of furan rings is 1. The van der Waals surface area contributed by atoms with Crippen molar-refractivity contribution in [3.63, 3.8) is 0 Å². The molecule has 0 unspecified atom stereocenters. The number of hydrogen-bond donors (Lipinski definition) is 2. The first-order valence-corrected chi connectivity index (χ1v) is 9.15. The lowest BCUT2D eigenvalue weighted by atomic mass is 10.2. The highest BCUT2D eigenvalue weighted by Crippen LogP contribution is 2.34. The summed E-state index contributed by atoms with van der Waals surface area (Å²) in [7, 11) is 0. The average Bonchev–Trinajstić information content (AvgIpc) is 3.13. The second kappa shape index (κ2) is 8.44. The smallest absolute Gasteiger partial charge is 0.416 e. The molecule has 0 aliphatic heterocycles. The number of alkyl halides is 3. The molecule has 0 aliphatic rings. The van der Waals surface area contributed by atoms with Crippen LogP contribution in [0.25, 0.3) is 11.3 Å². The summed E-state index contributed by atoms with van der Waals surface area (Å²) < 4.78 is 43.8. The lowest BCUT2D eigenvalue weighted by molar-refractivity contribution is -0.137. The number of hydrogen-bond acceptors (Lipinski definition) is 3. The van der Waals surface area contributed by atoms with Gasteiger partial charge in [-0.05, 0) is 54.7 Å². The van der Waals surface area contributed by atoms with Gasteiger partial charge >= 0.3 is 6.18 Å². The first kappa shape index (κ1) is 21.2. The Hall–Kier alpha value is -2.55. The molecular formula is C19H11Cl2F3N2O2S. The molecule has 3 aromatic rings. The van der Waals surface area contributed by atoms with Crippen LogP contribution in [0.2, 0.25) is 10.0 Å². The van der Waals surface area contributed by atoms with Crippen LogP contribution in [0.1, 0.15) is 16.1 Å². The summed E-state index contributed by atoms with van der Waals surface area (Å²) in [5, 5.41) is 5.29. The van der Waals surface area contributed by atoms with E-state index in [1.54, 1.807) is 18.2 Å². The van der Waals surface area contributed by atoms with Crippen LogP contribution < -0.4 is 10.6 Å². The van der Waals surface area contributed by atoms with Gasteiger partial charge in [0.15, 0.2) is 10.9 Å². The van der Waals surface area contributed by atoms with E-state index in [2.05, 4.69) is 10.6 Å². The van der Waals surface area contributed by atoms with E-state index in [0.717, 1.165) is 12.1 Å². The van der Waals surface area contributed by atoms with Gasteiger partial charge in [0.1, 0.15) is 5.76 Å². The molecule has 0 radical (unpaired) electrons. The topological polar surface area (TPSA) is 54.3 Å². The number of halogens is 5. The van der Waals surface area contributed by atoms with Crippen molar-refractivity contribution in [2.45, 2.75) is 6.18 Å². The quantitative estimate of drug-likeness (QED) is 0.445. The molecule has 0 fully saturated rings. The second-order valence-electron chi connectivity index (χ2n) is 5.75. The van der Waals surface area contributed by atoms with Crippen LogP contribution >= 0.6 is 35.4 Å². The Morgan fingerprint density at radius 1 is 1.03 bits per heavy atom. The van der Waals surface area contributed by atoms with Crippen LogP contribution in [-0.4, -0.2) is 11.0 Å². The second-order valence-corrected chi connectivity index (χ2v) is 6.95. The van der Waals surface area contributed by atoms with Gasteiger partial charge in [-0.25, -0.2) is 0 Å². The van der Waals surface area contributed by atoms with Crippen LogP contribution in [-0.2, 0) is 6.18 Å². The third-order valence-corrected chi connectivity index (χ3v) is 4.74. The molecule has 3 rings (SSSR count). The van der Waals surface area contributed by atoms with E-state index < -0.39 is 17.6 Å². The summed E-state index contributed by atoms with van der Waals surface area (Å²) in [4.78, 5) is 12.3. The van der Waals surface area contributed by atoms with Gasteiger partial charge in [0, 0.05) is 11.3 Å². The Balaban J connectivity index is 1.69. The zero-order chi connectivity index (χ0) is 21.2. The minimum Gasteiger partial charge on any atom is -0.451 e. The zero-order valence-corrected chi connectivity index (χ0v) is 16.6. The summed E-state index contributed by atoms with van der Waals surface area (Å²) >= 11 is 17.1. The standard InChI is InChI=1S/C19H11Cl2F3N2O2S/c20-13-6-2-5-12(16(13)21)14-7-8-15(28-14)17(27)26-18(29)25-11-4-1-3-10(9-11)19(22,23)24/h1-9H,(H2,25,26,27,29). The number of benzene rings is 2. The summed E-state index contributed by atoms with van der Waals surface area (Å²) in [6, 6.07) is 12.3. The molecule has 2 aromatic carbocycles. The Morgan fingerprint density at radius 2 is 1.76 bits per heavy atom. The molecule has 0 saturated carbocycles. The minimum absolute atomic E-state index is 0.0655. The molecule has 0 atom stereocenters. The summed E-state index contributed by atoms with van der Waals surface area (Å²) in [5.74, 6) is -0.428. The van der Waals surface area contributed by atoms with Gasteiger partial charge in [-0.15, -0.1) is 0 Å². The van der Waals surface area contributed by atoms with Crippen molar-refractivity contribution in [1.29, 1.82) is 0 Å². The summed E-state index contributed by atoms with van der Waals surface area (Å²) in [5.41, 5.74) is -0.260. The van der Waals surface area contributed by atoms with E-state index in [1.807, 2.05) is 0 Å². The van der Waals surface area contributed by atoms with Crippen molar-refractivity contribution in [3.05, 3.63) is 76.0 Å². The average molecular weight is 459 g/mol. The van der Waals surface area contributed by atoms with Crippen LogP contribution in [0.5, 0.6) is 0 Å². The number of thiocarbonyl (C=S) groups is 1. The third-order valence-electron chi connectivity index (χ3n) is 3.72. The Labute approximate surface area is 178 Å². The maximum absolute atomic E-state index is 12.8. The van der Waals surface area contributed by atoms with Crippen LogP contribution in [0.3, 0.4) is 0 Å². The molecule has 0 aliphatic carbocycles. The van der Waals surface area contributed by atoms with Gasteiger partial charge in [0.2, 0.25) is 0 Å². The lowest BCUT2D eigenvalue weighted by Crippen LogP contribution is -2.33. The van der Waals surface area contributed by atoms with Crippen molar-refractivity contribution < 1.29 is 22.4 Å². The first-order chi connectivity index (χ1) is 13.6. The Bertz CT molecular complexity index is 1080. The van der Waals surface area contributed by atoms with Crippen LogP contribution in [0.4, 0.5) is 18.9 Å². The number of carbonyl (C=O) groups is 1. The highest BCUT2D eigenvalue weighted by atomic mass is 35.5. The molecule has 0 spiro atoms. The van der Waals surface area contributed by atoms with E-state index in [4.69, 9.17) is 39.8 Å². The summed E-state index contributed by atoms with van der Waals surface area (Å²) in [6.07, 6.45) is -4.49. The Morgan fingerprint density at radius 3 is 2.48 bits per heavy atom. The molecule has 2 N–H and O–H groups in total.